The number of rotatable bonds is 7. The quantitative estimate of drug-likeness (QED) is 0.760. The molecule has 2 rings (SSSR count). The molecule has 2 N–H and O–H groups in total. The Balaban J connectivity index is 1.68. The molecule has 0 aliphatic carbocycles. The van der Waals surface area contributed by atoms with Crippen molar-refractivity contribution in [3.05, 3.63) is 29.8 Å². The number of fused-ring (bicyclic) bond motifs is 1. The third-order valence-electron chi connectivity index (χ3n) is 4.37. The highest BCUT2D eigenvalue weighted by Crippen LogP contribution is 2.31. The van der Waals surface area contributed by atoms with E-state index in [0.29, 0.717) is 19.2 Å². The van der Waals surface area contributed by atoms with Gasteiger partial charge in [-0.15, -0.1) is 0 Å². The van der Waals surface area contributed by atoms with Gasteiger partial charge in [-0.25, -0.2) is 4.79 Å². The van der Waals surface area contributed by atoms with Gasteiger partial charge in [0.05, 0.1) is 12.6 Å². The summed E-state index contributed by atoms with van der Waals surface area (Å²) in [6.07, 6.45) is 2.90. The van der Waals surface area contributed by atoms with Crippen LogP contribution >= 0.6 is 0 Å². The van der Waals surface area contributed by atoms with Gasteiger partial charge in [0.2, 0.25) is 0 Å². The number of hydrogen-bond donors (Lipinski definition) is 2. The molecule has 0 bridgehead atoms. The molecule has 0 fully saturated rings. The molecular weight excluding hydrogens is 290 g/mol. The number of benzene rings is 1. The molecule has 1 atom stereocenters. The van der Waals surface area contributed by atoms with Gasteiger partial charge in [-0.3, -0.25) is 0 Å². The Bertz CT molecular complexity index is 505. The summed E-state index contributed by atoms with van der Waals surface area (Å²) >= 11 is 0. The van der Waals surface area contributed by atoms with E-state index >= 15 is 0 Å². The first-order valence-corrected chi connectivity index (χ1v) is 8.54. The number of hydrogen-bond acceptors (Lipinski definition) is 3. The Morgan fingerprint density at radius 2 is 2.13 bits per heavy atom. The van der Waals surface area contributed by atoms with Crippen molar-refractivity contribution < 1.29 is 9.53 Å². The zero-order valence-corrected chi connectivity index (χ0v) is 14.5. The number of amides is 2. The molecule has 0 saturated heterocycles. The van der Waals surface area contributed by atoms with E-state index in [1.165, 1.54) is 0 Å². The minimum atomic E-state index is -0.0936. The number of para-hydroxylation sites is 1. The Morgan fingerprint density at radius 1 is 1.35 bits per heavy atom. The SMILES string of the molecule is CC(C)N(C)CCCCNC(=O)N[C@H]1CCOc2ccccc21. The molecule has 0 saturated carbocycles. The van der Waals surface area contributed by atoms with E-state index < -0.39 is 0 Å². The average Bonchev–Trinajstić information content (AvgIpc) is 2.54. The first-order chi connectivity index (χ1) is 11.1. The molecule has 1 aromatic rings. The minimum absolute atomic E-state index is 0.0343. The largest absolute Gasteiger partial charge is 0.493 e. The molecule has 0 unspecified atom stereocenters. The molecule has 1 aromatic carbocycles. The van der Waals surface area contributed by atoms with Gasteiger partial charge in [0.25, 0.3) is 0 Å². The van der Waals surface area contributed by atoms with Crippen LogP contribution < -0.4 is 15.4 Å². The Hall–Kier alpha value is -1.75. The lowest BCUT2D eigenvalue weighted by Gasteiger charge is -2.26. The second-order valence-electron chi connectivity index (χ2n) is 6.41. The topological polar surface area (TPSA) is 53.6 Å². The van der Waals surface area contributed by atoms with E-state index in [4.69, 9.17) is 4.74 Å². The zero-order chi connectivity index (χ0) is 16.7. The van der Waals surface area contributed by atoms with Crippen molar-refractivity contribution in [1.29, 1.82) is 0 Å². The maximum atomic E-state index is 12.1. The van der Waals surface area contributed by atoms with Crippen molar-refractivity contribution in [3.8, 4) is 5.75 Å². The van der Waals surface area contributed by atoms with Crippen LogP contribution in [0.3, 0.4) is 0 Å². The number of carbonyl (C=O) groups excluding carboxylic acids is 1. The maximum Gasteiger partial charge on any atom is 0.315 e. The molecule has 5 nitrogen and oxygen atoms in total. The van der Waals surface area contributed by atoms with Gasteiger partial charge in [0.1, 0.15) is 5.75 Å². The number of nitrogens with zero attached hydrogens (tertiary/aromatic N) is 1. The normalized spacial score (nSPS) is 16.8. The predicted molar refractivity (Wildman–Crippen MR) is 92.8 cm³/mol. The second kappa shape index (κ2) is 8.77. The summed E-state index contributed by atoms with van der Waals surface area (Å²) in [5.74, 6) is 0.876. The summed E-state index contributed by atoms with van der Waals surface area (Å²) in [5, 5.41) is 6.01. The summed E-state index contributed by atoms with van der Waals surface area (Å²) in [6, 6.07) is 8.41. The van der Waals surface area contributed by atoms with E-state index in [1.54, 1.807) is 0 Å². The Labute approximate surface area is 139 Å². The standard InChI is InChI=1S/C18H29N3O2/c1-14(2)21(3)12-7-6-11-19-18(22)20-16-10-13-23-17-9-5-4-8-15(16)17/h4-5,8-9,14,16H,6-7,10-13H2,1-3H3,(H2,19,20,22)/t16-/m0/s1. The van der Waals surface area contributed by atoms with Crippen molar-refractivity contribution in [2.75, 3.05) is 26.7 Å². The Kier molecular flexibility index (Phi) is 6.71. The summed E-state index contributed by atoms with van der Waals surface area (Å²) in [4.78, 5) is 14.4. The smallest absolute Gasteiger partial charge is 0.315 e. The van der Waals surface area contributed by atoms with Crippen molar-refractivity contribution in [2.45, 2.75) is 45.2 Å². The van der Waals surface area contributed by atoms with Crippen LogP contribution in [0.1, 0.15) is 44.7 Å². The van der Waals surface area contributed by atoms with Gasteiger partial charge >= 0.3 is 6.03 Å². The first kappa shape index (κ1) is 17.6. The van der Waals surface area contributed by atoms with Gasteiger partial charge in [0, 0.05) is 24.6 Å². The molecule has 2 amide bonds. The first-order valence-electron chi connectivity index (χ1n) is 8.54. The highest BCUT2D eigenvalue weighted by molar-refractivity contribution is 5.74. The van der Waals surface area contributed by atoms with Crippen LogP contribution in [-0.4, -0.2) is 43.7 Å². The third-order valence-corrected chi connectivity index (χ3v) is 4.37. The van der Waals surface area contributed by atoms with E-state index in [-0.39, 0.29) is 12.1 Å². The molecule has 0 radical (unpaired) electrons. The van der Waals surface area contributed by atoms with Crippen LogP contribution in [-0.2, 0) is 0 Å². The fraction of sp³-hybridized carbons (Fsp3) is 0.611. The van der Waals surface area contributed by atoms with Crippen LogP contribution in [0.2, 0.25) is 0 Å². The summed E-state index contributed by atoms with van der Waals surface area (Å²) in [6.45, 7) is 6.80. The van der Waals surface area contributed by atoms with Gasteiger partial charge < -0.3 is 20.3 Å². The van der Waals surface area contributed by atoms with Gasteiger partial charge in [0.15, 0.2) is 0 Å². The molecule has 0 spiro atoms. The predicted octanol–water partition coefficient (Wildman–Crippen LogP) is 2.93. The molecular formula is C18H29N3O2. The van der Waals surface area contributed by atoms with Crippen molar-refractivity contribution in [1.82, 2.24) is 15.5 Å². The van der Waals surface area contributed by atoms with E-state index in [9.17, 15) is 4.79 Å². The summed E-state index contributed by atoms with van der Waals surface area (Å²) in [7, 11) is 2.13. The van der Waals surface area contributed by atoms with Crippen molar-refractivity contribution >= 4 is 6.03 Å². The third kappa shape index (κ3) is 5.43. The fourth-order valence-electron chi connectivity index (χ4n) is 2.65. The highest BCUT2D eigenvalue weighted by Gasteiger charge is 2.22. The van der Waals surface area contributed by atoms with Gasteiger partial charge in [-0.2, -0.15) is 0 Å². The minimum Gasteiger partial charge on any atom is -0.493 e. The zero-order valence-electron chi connectivity index (χ0n) is 14.5. The van der Waals surface area contributed by atoms with E-state index in [0.717, 1.165) is 37.1 Å². The monoisotopic (exact) mass is 319 g/mol. The molecule has 23 heavy (non-hydrogen) atoms. The Morgan fingerprint density at radius 3 is 2.91 bits per heavy atom. The molecule has 1 heterocycles. The number of unbranched alkanes of at least 4 members (excludes halogenated alkanes) is 1. The number of urea groups is 1. The number of ether oxygens (including phenoxy) is 1. The lowest BCUT2D eigenvalue weighted by atomic mass is 10.0. The van der Waals surface area contributed by atoms with Crippen LogP contribution in [0.5, 0.6) is 5.75 Å². The van der Waals surface area contributed by atoms with Gasteiger partial charge in [-0.1, -0.05) is 18.2 Å². The van der Waals surface area contributed by atoms with Crippen LogP contribution in [0.4, 0.5) is 4.79 Å². The van der Waals surface area contributed by atoms with Crippen LogP contribution in [0.15, 0.2) is 24.3 Å². The van der Waals surface area contributed by atoms with E-state index in [2.05, 4.69) is 36.4 Å². The fourth-order valence-corrected chi connectivity index (χ4v) is 2.65. The molecule has 5 heteroatoms. The van der Waals surface area contributed by atoms with E-state index in [1.807, 2.05) is 24.3 Å². The summed E-state index contributed by atoms with van der Waals surface area (Å²) in [5.41, 5.74) is 1.06. The summed E-state index contributed by atoms with van der Waals surface area (Å²) < 4.78 is 5.61. The maximum absolute atomic E-state index is 12.1. The molecule has 128 valence electrons. The average molecular weight is 319 g/mol. The van der Waals surface area contributed by atoms with Crippen LogP contribution in [0.25, 0.3) is 0 Å². The van der Waals surface area contributed by atoms with Crippen molar-refractivity contribution in [2.24, 2.45) is 0 Å². The lowest BCUT2D eigenvalue weighted by molar-refractivity contribution is 0.222. The molecule has 0 aromatic heterocycles. The number of carbonyl (C=O) groups is 1. The molecule has 1 aliphatic rings. The lowest BCUT2D eigenvalue weighted by Crippen LogP contribution is -2.40. The number of nitrogens with one attached hydrogen (secondary N) is 2. The van der Waals surface area contributed by atoms with Gasteiger partial charge in [-0.05, 0) is 46.3 Å². The van der Waals surface area contributed by atoms with Crippen LogP contribution in [0, 0.1) is 0 Å². The highest BCUT2D eigenvalue weighted by atomic mass is 16.5. The van der Waals surface area contributed by atoms with Crippen molar-refractivity contribution in [3.63, 3.8) is 0 Å². The molecule has 1 aliphatic heterocycles. The second-order valence-corrected chi connectivity index (χ2v) is 6.41.